The van der Waals surface area contributed by atoms with Crippen molar-refractivity contribution in [2.24, 2.45) is 0 Å². The third-order valence-corrected chi connectivity index (χ3v) is 4.11. The standard InChI is InChI=1S/C4H10O6P2/c1-2-3-4(11(5,6)7)12(8,9)10/h3H,2H2,1H3,(H2,5,6,7)(H2,8,9,10). The van der Waals surface area contributed by atoms with E-state index in [0.29, 0.717) is 0 Å². The lowest BCUT2D eigenvalue weighted by molar-refractivity contribution is 0.367. The zero-order valence-corrected chi connectivity index (χ0v) is 8.07. The SMILES string of the molecule is CCC=C(P(=O)(O)O)P(=O)(O)O. The van der Waals surface area contributed by atoms with E-state index in [4.69, 9.17) is 19.6 Å². The molecule has 0 unspecified atom stereocenters. The van der Waals surface area contributed by atoms with E-state index in [2.05, 4.69) is 0 Å². The normalized spacial score (nSPS) is 12.8. The molecular weight excluding hydrogens is 206 g/mol. The van der Waals surface area contributed by atoms with Crippen LogP contribution in [0.4, 0.5) is 0 Å². The molecule has 0 aromatic rings. The maximum absolute atomic E-state index is 10.5. The van der Waals surface area contributed by atoms with Crippen LogP contribution in [0.2, 0.25) is 0 Å². The van der Waals surface area contributed by atoms with Crippen LogP contribution in [0.25, 0.3) is 0 Å². The van der Waals surface area contributed by atoms with E-state index >= 15 is 0 Å². The van der Waals surface area contributed by atoms with Gasteiger partial charge in [-0.15, -0.1) is 0 Å². The van der Waals surface area contributed by atoms with E-state index in [1.807, 2.05) is 0 Å². The van der Waals surface area contributed by atoms with E-state index in [0.717, 1.165) is 6.08 Å². The predicted molar refractivity (Wildman–Crippen MR) is 42.5 cm³/mol. The van der Waals surface area contributed by atoms with E-state index in [9.17, 15) is 9.13 Å². The van der Waals surface area contributed by atoms with Crippen LogP contribution in [0, 0.1) is 0 Å². The van der Waals surface area contributed by atoms with Gasteiger partial charge in [0.1, 0.15) is 5.06 Å². The molecule has 0 heterocycles. The van der Waals surface area contributed by atoms with Gasteiger partial charge in [-0.25, -0.2) is 0 Å². The highest BCUT2D eigenvalue weighted by atomic mass is 31.2. The second kappa shape index (κ2) is 3.83. The average molecular weight is 216 g/mol. The fourth-order valence-corrected chi connectivity index (χ4v) is 2.79. The van der Waals surface area contributed by atoms with Crippen LogP contribution in [-0.2, 0) is 9.13 Å². The van der Waals surface area contributed by atoms with Gasteiger partial charge in [-0.1, -0.05) is 13.0 Å². The Hall–Kier alpha value is 0.0400. The third kappa shape index (κ3) is 3.63. The molecule has 0 saturated carbocycles. The minimum absolute atomic E-state index is 0.158. The Morgan fingerprint density at radius 3 is 1.58 bits per heavy atom. The Labute approximate surface area is 69.2 Å². The van der Waals surface area contributed by atoms with Crippen molar-refractivity contribution in [3.05, 3.63) is 11.1 Å². The first-order valence-electron chi connectivity index (χ1n) is 3.02. The van der Waals surface area contributed by atoms with Crippen molar-refractivity contribution in [3.8, 4) is 0 Å². The second-order valence-electron chi connectivity index (χ2n) is 2.06. The van der Waals surface area contributed by atoms with Gasteiger partial charge in [0.2, 0.25) is 0 Å². The molecule has 8 heteroatoms. The monoisotopic (exact) mass is 216 g/mol. The first-order chi connectivity index (χ1) is 5.19. The maximum Gasteiger partial charge on any atom is 0.364 e. The van der Waals surface area contributed by atoms with Crippen molar-refractivity contribution in [1.82, 2.24) is 0 Å². The molecule has 12 heavy (non-hydrogen) atoms. The van der Waals surface area contributed by atoms with E-state index in [1.54, 1.807) is 0 Å². The van der Waals surface area contributed by atoms with Gasteiger partial charge in [0, 0.05) is 0 Å². The van der Waals surface area contributed by atoms with Crippen molar-refractivity contribution >= 4 is 15.2 Å². The predicted octanol–water partition coefficient (Wildman–Crippen LogP) is 0.593. The first kappa shape index (κ1) is 12.0. The summed E-state index contributed by atoms with van der Waals surface area (Å²) in [6, 6.07) is 0. The summed E-state index contributed by atoms with van der Waals surface area (Å²) in [5, 5.41) is -1.10. The Kier molecular flexibility index (Phi) is 3.85. The van der Waals surface area contributed by atoms with Gasteiger partial charge < -0.3 is 19.6 Å². The quantitative estimate of drug-likeness (QED) is 0.513. The molecule has 72 valence electrons. The van der Waals surface area contributed by atoms with Gasteiger partial charge in [0.25, 0.3) is 0 Å². The fraction of sp³-hybridized carbons (Fsp3) is 0.500. The summed E-state index contributed by atoms with van der Waals surface area (Å²) in [7, 11) is -9.63. The summed E-state index contributed by atoms with van der Waals surface area (Å²) >= 11 is 0. The minimum Gasteiger partial charge on any atom is -0.321 e. The van der Waals surface area contributed by atoms with Gasteiger partial charge in [0.05, 0.1) is 0 Å². The fourth-order valence-electron chi connectivity index (χ4n) is 0.590. The van der Waals surface area contributed by atoms with Gasteiger partial charge in [-0.2, -0.15) is 0 Å². The molecule has 0 aliphatic heterocycles. The van der Waals surface area contributed by atoms with Crippen LogP contribution < -0.4 is 0 Å². The molecule has 0 aromatic heterocycles. The lowest BCUT2D eigenvalue weighted by Gasteiger charge is -2.09. The highest BCUT2D eigenvalue weighted by Crippen LogP contribution is 2.63. The zero-order valence-electron chi connectivity index (χ0n) is 6.28. The number of hydrogen-bond donors (Lipinski definition) is 4. The van der Waals surface area contributed by atoms with E-state index in [1.165, 1.54) is 6.92 Å². The topological polar surface area (TPSA) is 115 Å². The molecule has 0 aliphatic carbocycles. The Morgan fingerprint density at radius 1 is 1.17 bits per heavy atom. The molecule has 0 aromatic carbocycles. The van der Waals surface area contributed by atoms with E-state index in [-0.39, 0.29) is 6.42 Å². The molecule has 0 amide bonds. The van der Waals surface area contributed by atoms with Crippen LogP contribution in [0.15, 0.2) is 11.1 Å². The van der Waals surface area contributed by atoms with Crippen LogP contribution in [0.1, 0.15) is 13.3 Å². The Bertz CT molecular complexity index is 245. The van der Waals surface area contributed by atoms with Crippen molar-refractivity contribution in [2.75, 3.05) is 0 Å². The maximum atomic E-state index is 10.5. The number of rotatable bonds is 3. The molecular formula is C4H10O6P2. The van der Waals surface area contributed by atoms with Gasteiger partial charge in [0.15, 0.2) is 0 Å². The van der Waals surface area contributed by atoms with Crippen LogP contribution in [0.5, 0.6) is 0 Å². The largest absolute Gasteiger partial charge is 0.364 e. The highest BCUT2D eigenvalue weighted by molar-refractivity contribution is 7.77. The van der Waals surface area contributed by atoms with Crippen LogP contribution in [0.3, 0.4) is 0 Å². The Balaban J connectivity index is 5.11. The van der Waals surface area contributed by atoms with Crippen molar-refractivity contribution in [2.45, 2.75) is 13.3 Å². The molecule has 4 N–H and O–H groups in total. The summed E-state index contributed by atoms with van der Waals surface area (Å²) in [6.07, 6.45) is 1.01. The van der Waals surface area contributed by atoms with Crippen LogP contribution >= 0.6 is 15.2 Å². The van der Waals surface area contributed by atoms with Crippen molar-refractivity contribution < 1.29 is 28.7 Å². The summed E-state index contributed by atoms with van der Waals surface area (Å²) in [6.45, 7) is 1.52. The molecule has 0 fully saturated rings. The molecule has 0 spiro atoms. The van der Waals surface area contributed by atoms with Gasteiger partial charge in [-0.3, -0.25) is 9.13 Å². The molecule has 6 nitrogen and oxygen atoms in total. The molecule has 0 aliphatic rings. The number of hydrogen-bond acceptors (Lipinski definition) is 2. The second-order valence-corrected chi connectivity index (χ2v) is 5.55. The number of allylic oxidation sites excluding steroid dienone is 1. The van der Waals surface area contributed by atoms with E-state index < -0.39 is 20.2 Å². The molecule has 0 atom stereocenters. The molecule has 0 radical (unpaired) electrons. The highest BCUT2D eigenvalue weighted by Gasteiger charge is 2.35. The van der Waals surface area contributed by atoms with Crippen molar-refractivity contribution in [3.63, 3.8) is 0 Å². The zero-order chi connectivity index (χ0) is 9.99. The van der Waals surface area contributed by atoms with Gasteiger partial charge in [-0.05, 0) is 6.42 Å². The summed E-state index contributed by atoms with van der Waals surface area (Å²) < 4.78 is 21.0. The average Bonchev–Trinajstić information content (AvgIpc) is 1.77. The first-order valence-corrected chi connectivity index (χ1v) is 6.24. The smallest absolute Gasteiger partial charge is 0.321 e. The molecule has 0 rings (SSSR count). The molecule has 0 bridgehead atoms. The lowest BCUT2D eigenvalue weighted by atomic mass is 10.5. The lowest BCUT2D eigenvalue weighted by Crippen LogP contribution is -1.88. The summed E-state index contributed by atoms with van der Waals surface area (Å²) in [4.78, 5) is 34.0. The Morgan fingerprint density at radius 2 is 1.50 bits per heavy atom. The van der Waals surface area contributed by atoms with Gasteiger partial charge >= 0.3 is 15.2 Å². The third-order valence-electron chi connectivity index (χ3n) is 0.984. The summed E-state index contributed by atoms with van der Waals surface area (Å²) in [5.74, 6) is 0. The molecule has 0 saturated heterocycles. The van der Waals surface area contributed by atoms with Crippen molar-refractivity contribution in [1.29, 1.82) is 0 Å². The summed E-state index contributed by atoms with van der Waals surface area (Å²) in [5.41, 5.74) is 0. The minimum atomic E-state index is -4.82. The van der Waals surface area contributed by atoms with Crippen LogP contribution in [-0.4, -0.2) is 19.6 Å².